The van der Waals surface area contributed by atoms with Gasteiger partial charge in [-0.05, 0) is 48.9 Å². The molecule has 2 aromatic rings. The molecule has 25 heavy (non-hydrogen) atoms. The molecule has 0 bridgehead atoms. The van der Waals surface area contributed by atoms with Crippen molar-refractivity contribution in [3.63, 3.8) is 0 Å². The highest BCUT2D eigenvalue weighted by Gasteiger charge is 2.20. The Labute approximate surface area is 149 Å². The molecule has 0 aromatic heterocycles. The molecule has 2 aromatic carbocycles. The summed E-state index contributed by atoms with van der Waals surface area (Å²) in [6, 6.07) is 9.79. The molecule has 0 fully saturated rings. The first-order valence-electron chi connectivity index (χ1n) is 7.55. The van der Waals surface area contributed by atoms with Gasteiger partial charge in [-0.3, -0.25) is 4.79 Å². The van der Waals surface area contributed by atoms with Crippen molar-refractivity contribution in [1.82, 2.24) is 0 Å². The van der Waals surface area contributed by atoms with E-state index < -0.39 is 23.8 Å². The van der Waals surface area contributed by atoms with Crippen LogP contribution in [0.5, 0.6) is 5.75 Å². The average Bonchev–Trinajstić information content (AvgIpc) is 2.62. The number of hydrogen-bond donors (Lipinski definition) is 1. The maximum absolute atomic E-state index is 12.9. The summed E-state index contributed by atoms with van der Waals surface area (Å²) in [6.07, 6.45) is -0.416. The Morgan fingerprint density at radius 3 is 2.48 bits per heavy atom. The molecule has 0 aliphatic carbocycles. The van der Waals surface area contributed by atoms with Crippen molar-refractivity contribution in [2.24, 2.45) is 0 Å². The predicted molar refractivity (Wildman–Crippen MR) is 92.5 cm³/mol. The average molecular weight is 366 g/mol. The molecule has 0 aliphatic heterocycles. The lowest BCUT2D eigenvalue weighted by atomic mass is 10.2. The standard InChI is InChI=1S/C18H17ClFNO4/c1-3-16(25-13-7-5-12(20)6-8-13)17(22)21-15-10-11(18(23)24-2)4-9-14(15)19/h4-10,16H,3H2,1-2H3,(H,21,22). The van der Waals surface area contributed by atoms with Gasteiger partial charge in [-0.2, -0.15) is 0 Å². The van der Waals surface area contributed by atoms with Crippen molar-refractivity contribution in [1.29, 1.82) is 0 Å². The van der Waals surface area contributed by atoms with Crippen LogP contribution in [0, 0.1) is 5.82 Å². The first-order valence-corrected chi connectivity index (χ1v) is 7.93. The highest BCUT2D eigenvalue weighted by atomic mass is 35.5. The van der Waals surface area contributed by atoms with Gasteiger partial charge in [0.15, 0.2) is 6.10 Å². The zero-order valence-electron chi connectivity index (χ0n) is 13.7. The third-order valence-electron chi connectivity index (χ3n) is 3.40. The van der Waals surface area contributed by atoms with Crippen LogP contribution in [0.15, 0.2) is 42.5 Å². The van der Waals surface area contributed by atoms with E-state index in [9.17, 15) is 14.0 Å². The Balaban J connectivity index is 2.13. The van der Waals surface area contributed by atoms with E-state index in [1.165, 1.54) is 49.6 Å². The van der Waals surface area contributed by atoms with E-state index in [-0.39, 0.29) is 16.3 Å². The van der Waals surface area contributed by atoms with Crippen molar-refractivity contribution in [2.45, 2.75) is 19.4 Å². The fourth-order valence-electron chi connectivity index (χ4n) is 2.08. The summed E-state index contributed by atoms with van der Waals surface area (Å²) in [4.78, 5) is 24.0. The maximum atomic E-state index is 12.9. The molecular weight excluding hydrogens is 349 g/mol. The maximum Gasteiger partial charge on any atom is 0.337 e. The lowest BCUT2D eigenvalue weighted by Gasteiger charge is -2.18. The van der Waals surface area contributed by atoms with E-state index in [2.05, 4.69) is 10.1 Å². The van der Waals surface area contributed by atoms with Gasteiger partial charge in [0.2, 0.25) is 0 Å². The van der Waals surface area contributed by atoms with Crippen LogP contribution >= 0.6 is 11.6 Å². The summed E-state index contributed by atoms with van der Waals surface area (Å²) in [5.74, 6) is -0.994. The SMILES string of the molecule is CCC(Oc1ccc(F)cc1)C(=O)Nc1cc(C(=O)OC)ccc1Cl. The molecule has 0 aliphatic rings. The van der Waals surface area contributed by atoms with Crippen molar-refractivity contribution in [2.75, 3.05) is 12.4 Å². The molecule has 0 spiro atoms. The Bertz CT molecular complexity index is 764. The number of amides is 1. The van der Waals surface area contributed by atoms with E-state index in [1.807, 2.05) is 0 Å². The van der Waals surface area contributed by atoms with Crippen molar-refractivity contribution in [3.05, 3.63) is 58.9 Å². The second-order valence-corrected chi connectivity index (χ2v) is 5.55. The van der Waals surface area contributed by atoms with Crippen molar-refractivity contribution < 1.29 is 23.5 Å². The third-order valence-corrected chi connectivity index (χ3v) is 3.73. The van der Waals surface area contributed by atoms with Gasteiger partial charge in [-0.15, -0.1) is 0 Å². The molecule has 5 nitrogen and oxygen atoms in total. The Hall–Kier alpha value is -2.60. The highest BCUT2D eigenvalue weighted by molar-refractivity contribution is 6.33. The van der Waals surface area contributed by atoms with Crippen LogP contribution in [0.25, 0.3) is 0 Å². The Kier molecular flexibility index (Phi) is 6.36. The van der Waals surface area contributed by atoms with Crippen molar-refractivity contribution in [3.8, 4) is 5.75 Å². The van der Waals surface area contributed by atoms with E-state index >= 15 is 0 Å². The van der Waals surface area contributed by atoms with Gasteiger partial charge in [-0.1, -0.05) is 18.5 Å². The Morgan fingerprint density at radius 2 is 1.88 bits per heavy atom. The molecule has 0 heterocycles. The van der Waals surface area contributed by atoms with Gasteiger partial charge >= 0.3 is 5.97 Å². The number of hydrogen-bond acceptors (Lipinski definition) is 4. The number of esters is 1. The zero-order chi connectivity index (χ0) is 18.4. The summed E-state index contributed by atoms with van der Waals surface area (Å²) < 4.78 is 23.2. The topological polar surface area (TPSA) is 64.6 Å². The monoisotopic (exact) mass is 365 g/mol. The summed E-state index contributed by atoms with van der Waals surface area (Å²) >= 11 is 6.06. The second-order valence-electron chi connectivity index (χ2n) is 5.14. The summed E-state index contributed by atoms with van der Waals surface area (Å²) in [5, 5.41) is 2.91. The highest BCUT2D eigenvalue weighted by Crippen LogP contribution is 2.24. The van der Waals surface area contributed by atoms with Crippen LogP contribution in [-0.4, -0.2) is 25.1 Å². The minimum Gasteiger partial charge on any atom is -0.481 e. The Morgan fingerprint density at radius 1 is 1.20 bits per heavy atom. The third kappa shape index (κ3) is 4.93. The minimum absolute atomic E-state index is 0.259. The van der Waals surface area contributed by atoms with Crippen LogP contribution in [0.1, 0.15) is 23.7 Å². The largest absolute Gasteiger partial charge is 0.481 e. The molecular formula is C18H17ClFNO4. The fraction of sp³-hybridized carbons (Fsp3) is 0.222. The smallest absolute Gasteiger partial charge is 0.337 e. The molecule has 7 heteroatoms. The lowest BCUT2D eigenvalue weighted by Crippen LogP contribution is -2.32. The fourth-order valence-corrected chi connectivity index (χ4v) is 2.24. The summed E-state index contributed by atoms with van der Waals surface area (Å²) in [7, 11) is 1.26. The van der Waals surface area contributed by atoms with Crippen LogP contribution in [-0.2, 0) is 9.53 Å². The number of anilines is 1. The van der Waals surface area contributed by atoms with Gasteiger partial charge in [0.25, 0.3) is 5.91 Å². The number of rotatable bonds is 6. The van der Waals surface area contributed by atoms with Gasteiger partial charge in [0.05, 0.1) is 23.4 Å². The van der Waals surface area contributed by atoms with E-state index in [4.69, 9.17) is 16.3 Å². The first kappa shape index (κ1) is 18.7. The van der Waals surface area contributed by atoms with Crippen molar-refractivity contribution >= 4 is 29.2 Å². The number of methoxy groups -OCH3 is 1. The molecule has 1 unspecified atom stereocenters. The van der Waals surface area contributed by atoms with Gasteiger partial charge in [0, 0.05) is 0 Å². The molecule has 0 radical (unpaired) electrons. The molecule has 1 N–H and O–H groups in total. The van der Waals surface area contributed by atoms with Gasteiger partial charge in [-0.25, -0.2) is 9.18 Å². The quantitative estimate of drug-likeness (QED) is 0.784. The summed E-state index contributed by atoms with van der Waals surface area (Å²) in [6.45, 7) is 1.78. The number of carbonyl (C=O) groups is 2. The first-order chi connectivity index (χ1) is 11.9. The van der Waals surface area contributed by atoms with Gasteiger partial charge in [0.1, 0.15) is 11.6 Å². The lowest BCUT2D eigenvalue weighted by molar-refractivity contribution is -0.122. The number of benzene rings is 2. The number of ether oxygens (including phenoxy) is 2. The predicted octanol–water partition coefficient (Wildman–Crippen LogP) is 4.06. The zero-order valence-corrected chi connectivity index (χ0v) is 14.5. The van der Waals surface area contributed by atoms with E-state index in [1.54, 1.807) is 6.92 Å². The van der Waals surface area contributed by atoms with E-state index in [0.717, 1.165) is 0 Å². The molecule has 1 amide bonds. The molecule has 1 atom stereocenters. The van der Waals surface area contributed by atoms with Crippen LogP contribution in [0.3, 0.4) is 0 Å². The minimum atomic E-state index is -0.802. The number of nitrogens with one attached hydrogen (secondary N) is 1. The second kappa shape index (κ2) is 8.48. The molecule has 132 valence electrons. The van der Waals surface area contributed by atoms with Crippen LogP contribution in [0.2, 0.25) is 5.02 Å². The van der Waals surface area contributed by atoms with E-state index in [0.29, 0.717) is 12.2 Å². The molecule has 0 saturated heterocycles. The number of carbonyl (C=O) groups excluding carboxylic acids is 2. The van der Waals surface area contributed by atoms with Crippen LogP contribution in [0.4, 0.5) is 10.1 Å². The van der Waals surface area contributed by atoms with Crippen LogP contribution < -0.4 is 10.1 Å². The molecule has 2 rings (SSSR count). The normalized spacial score (nSPS) is 11.5. The summed E-state index contributed by atoms with van der Waals surface area (Å²) in [5.41, 5.74) is 0.533. The number of halogens is 2. The van der Waals surface area contributed by atoms with Gasteiger partial charge < -0.3 is 14.8 Å². The molecule has 0 saturated carbocycles.